The van der Waals surface area contributed by atoms with Crippen molar-refractivity contribution < 1.29 is 9.18 Å². The highest BCUT2D eigenvalue weighted by Crippen LogP contribution is 2.29. The topological polar surface area (TPSA) is 23.6 Å². The van der Waals surface area contributed by atoms with Gasteiger partial charge in [0.2, 0.25) is 0 Å². The minimum atomic E-state index is -0.375. The summed E-state index contributed by atoms with van der Waals surface area (Å²) in [5.41, 5.74) is 0.745. The number of nitrogens with zero attached hydrogens (tertiary/aromatic N) is 2. The van der Waals surface area contributed by atoms with Crippen LogP contribution in [0.25, 0.3) is 0 Å². The quantitative estimate of drug-likeness (QED) is 0.786. The van der Waals surface area contributed by atoms with Crippen LogP contribution in [0.4, 0.5) is 4.39 Å². The van der Waals surface area contributed by atoms with Crippen molar-refractivity contribution in [2.45, 2.75) is 38.3 Å². The molecule has 0 N–H and O–H groups in total. The van der Waals surface area contributed by atoms with Crippen molar-refractivity contribution in [3.05, 3.63) is 35.1 Å². The van der Waals surface area contributed by atoms with Gasteiger partial charge in [0.25, 0.3) is 5.91 Å². The molecule has 2 heterocycles. The molecule has 2 atom stereocenters. The SMILES string of the molecule is Cc1cccc(C(=O)N2CCC3CCC(C2)N3C)c1F. The number of carbonyl (C=O) groups excluding carboxylic acids is 1. The zero-order valence-corrected chi connectivity index (χ0v) is 12.1. The fraction of sp³-hybridized carbons (Fsp3) is 0.562. The standard InChI is InChI=1S/C16H21FN2O/c1-11-4-3-5-14(15(11)17)16(20)19-9-8-12-6-7-13(10-19)18(12)2/h3-5,12-13H,6-10H2,1-2H3. The minimum absolute atomic E-state index is 0.160. The van der Waals surface area contributed by atoms with E-state index in [2.05, 4.69) is 11.9 Å². The fourth-order valence-electron chi connectivity index (χ4n) is 3.48. The molecule has 0 aromatic heterocycles. The summed E-state index contributed by atoms with van der Waals surface area (Å²) in [5, 5.41) is 0. The number of halogens is 1. The lowest BCUT2D eigenvalue weighted by molar-refractivity contribution is 0.0735. The van der Waals surface area contributed by atoms with Gasteiger partial charge in [-0.05, 0) is 44.9 Å². The van der Waals surface area contributed by atoms with E-state index in [9.17, 15) is 9.18 Å². The summed E-state index contributed by atoms with van der Waals surface area (Å²) in [6.07, 6.45) is 3.36. The molecule has 0 saturated carbocycles. The Labute approximate surface area is 119 Å². The number of hydrogen-bond donors (Lipinski definition) is 0. The summed E-state index contributed by atoms with van der Waals surface area (Å²) in [4.78, 5) is 16.8. The van der Waals surface area contributed by atoms with Gasteiger partial charge < -0.3 is 4.90 Å². The molecule has 2 aliphatic heterocycles. The summed E-state index contributed by atoms with van der Waals surface area (Å²) >= 11 is 0. The minimum Gasteiger partial charge on any atom is -0.337 e. The van der Waals surface area contributed by atoms with Crippen LogP contribution in [0.5, 0.6) is 0 Å². The average molecular weight is 276 g/mol. The highest BCUT2D eigenvalue weighted by atomic mass is 19.1. The molecular formula is C16H21FN2O. The van der Waals surface area contributed by atoms with Crippen LogP contribution in [-0.4, -0.2) is 47.9 Å². The zero-order valence-electron chi connectivity index (χ0n) is 12.1. The first kappa shape index (κ1) is 13.6. The van der Waals surface area contributed by atoms with E-state index in [0.29, 0.717) is 17.6 Å². The van der Waals surface area contributed by atoms with Crippen molar-refractivity contribution in [2.75, 3.05) is 20.1 Å². The lowest BCUT2D eigenvalue weighted by Gasteiger charge is -2.26. The molecule has 3 rings (SSSR count). The first-order chi connectivity index (χ1) is 9.58. The van der Waals surface area contributed by atoms with Crippen LogP contribution in [0.2, 0.25) is 0 Å². The Balaban J connectivity index is 1.82. The third-order valence-electron chi connectivity index (χ3n) is 4.86. The molecule has 1 amide bonds. The molecule has 3 nitrogen and oxygen atoms in total. The van der Waals surface area contributed by atoms with Crippen LogP contribution in [0.15, 0.2) is 18.2 Å². The predicted molar refractivity (Wildman–Crippen MR) is 76.2 cm³/mol. The average Bonchev–Trinajstić information content (AvgIpc) is 2.66. The summed E-state index contributed by atoms with van der Waals surface area (Å²) < 4.78 is 14.1. The van der Waals surface area contributed by atoms with Gasteiger partial charge in [-0.2, -0.15) is 0 Å². The lowest BCUT2D eigenvalue weighted by Crippen LogP contribution is -2.40. The molecule has 108 valence electrons. The molecule has 20 heavy (non-hydrogen) atoms. The molecule has 0 aliphatic carbocycles. The number of likely N-dealkylation sites (tertiary alicyclic amines) is 1. The van der Waals surface area contributed by atoms with E-state index in [1.54, 1.807) is 25.1 Å². The molecule has 4 heteroatoms. The van der Waals surface area contributed by atoms with Crippen molar-refractivity contribution in [2.24, 2.45) is 0 Å². The van der Waals surface area contributed by atoms with Crippen LogP contribution < -0.4 is 0 Å². The number of amides is 1. The monoisotopic (exact) mass is 276 g/mol. The number of carbonyl (C=O) groups is 1. The molecule has 2 saturated heterocycles. The first-order valence-corrected chi connectivity index (χ1v) is 7.34. The van der Waals surface area contributed by atoms with Gasteiger partial charge in [-0.15, -0.1) is 0 Å². The zero-order chi connectivity index (χ0) is 14.3. The van der Waals surface area contributed by atoms with Crippen molar-refractivity contribution in [1.82, 2.24) is 9.80 Å². The normalized spacial score (nSPS) is 26.6. The van der Waals surface area contributed by atoms with Crippen molar-refractivity contribution >= 4 is 5.91 Å². The third kappa shape index (κ3) is 2.22. The summed E-state index contributed by atoms with van der Waals surface area (Å²) in [5.74, 6) is -0.535. The van der Waals surface area contributed by atoms with Gasteiger partial charge in [0.15, 0.2) is 0 Å². The number of hydrogen-bond acceptors (Lipinski definition) is 2. The number of rotatable bonds is 1. The second-order valence-corrected chi connectivity index (χ2v) is 6.03. The molecule has 1 aromatic rings. The number of likely N-dealkylation sites (N-methyl/N-ethyl adjacent to an activating group) is 1. The molecule has 0 spiro atoms. The highest BCUT2D eigenvalue weighted by Gasteiger charge is 2.36. The Hall–Kier alpha value is -1.42. The van der Waals surface area contributed by atoms with Crippen LogP contribution in [-0.2, 0) is 0 Å². The number of benzene rings is 1. The van der Waals surface area contributed by atoms with Crippen molar-refractivity contribution in [3.63, 3.8) is 0 Å². The molecule has 2 fully saturated rings. The van der Waals surface area contributed by atoms with Crippen LogP contribution in [0.3, 0.4) is 0 Å². The van der Waals surface area contributed by atoms with Gasteiger partial charge >= 0.3 is 0 Å². The van der Waals surface area contributed by atoms with Crippen LogP contribution >= 0.6 is 0 Å². The maximum absolute atomic E-state index is 14.1. The van der Waals surface area contributed by atoms with Crippen LogP contribution in [0, 0.1) is 12.7 Å². The van der Waals surface area contributed by atoms with Crippen LogP contribution in [0.1, 0.15) is 35.2 Å². The van der Waals surface area contributed by atoms with Gasteiger partial charge in [0, 0.05) is 25.2 Å². The van der Waals surface area contributed by atoms with E-state index in [1.807, 2.05) is 4.90 Å². The third-order valence-corrected chi connectivity index (χ3v) is 4.86. The Morgan fingerprint density at radius 2 is 2.00 bits per heavy atom. The van der Waals surface area contributed by atoms with E-state index in [4.69, 9.17) is 0 Å². The Morgan fingerprint density at radius 1 is 1.25 bits per heavy atom. The Kier molecular flexibility index (Phi) is 3.50. The van der Waals surface area contributed by atoms with E-state index < -0.39 is 0 Å². The van der Waals surface area contributed by atoms with Gasteiger partial charge in [-0.3, -0.25) is 9.69 Å². The van der Waals surface area contributed by atoms with Crippen molar-refractivity contribution in [3.8, 4) is 0 Å². The molecule has 0 radical (unpaired) electrons. The second kappa shape index (κ2) is 5.17. The Bertz CT molecular complexity index is 531. The maximum Gasteiger partial charge on any atom is 0.256 e. The Morgan fingerprint density at radius 3 is 2.80 bits per heavy atom. The van der Waals surface area contributed by atoms with E-state index in [-0.39, 0.29) is 17.3 Å². The number of fused-ring (bicyclic) bond motifs is 2. The molecule has 2 aliphatic rings. The first-order valence-electron chi connectivity index (χ1n) is 7.34. The number of aryl methyl sites for hydroxylation is 1. The fourth-order valence-corrected chi connectivity index (χ4v) is 3.48. The lowest BCUT2D eigenvalue weighted by atomic mass is 10.1. The maximum atomic E-state index is 14.1. The van der Waals surface area contributed by atoms with Gasteiger partial charge in [0.1, 0.15) is 5.82 Å². The van der Waals surface area contributed by atoms with Gasteiger partial charge in [0.05, 0.1) is 5.56 Å². The smallest absolute Gasteiger partial charge is 0.256 e. The second-order valence-electron chi connectivity index (χ2n) is 6.03. The predicted octanol–water partition coefficient (Wildman–Crippen LogP) is 2.44. The van der Waals surface area contributed by atoms with E-state index in [0.717, 1.165) is 25.9 Å². The van der Waals surface area contributed by atoms with Gasteiger partial charge in [-0.25, -0.2) is 4.39 Å². The van der Waals surface area contributed by atoms with E-state index in [1.165, 1.54) is 6.42 Å². The largest absolute Gasteiger partial charge is 0.337 e. The molecular weight excluding hydrogens is 255 g/mol. The highest BCUT2D eigenvalue weighted by molar-refractivity contribution is 5.94. The molecule has 2 unspecified atom stereocenters. The summed E-state index contributed by atoms with van der Waals surface area (Å²) in [6, 6.07) is 6.06. The summed E-state index contributed by atoms with van der Waals surface area (Å²) in [6.45, 7) is 3.15. The molecule has 2 bridgehead atoms. The van der Waals surface area contributed by atoms with E-state index >= 15 is 0 Å². The molecule has 1 aromatic carbocycles. The van der Waals surface area contributed by atoms with Gasteiger partial charge in [-0.1, -0.05) is 12.1 Å². The summed E-state index contributed by atoms with van der Waals surface area (Å²) in [7, 11) is 2.14. The van der Waals surface area contributed by atoms with Crippen molar-refractivity contribution in [1.29, 1.82) is 0 Å².